The van der Waals surface area contributed by atoms with Crippen LogP contribution in [0.25, 0.3) is 0 Å². The summed E-state index contributed by atoms with van der Waals surface area (Å²) >= 11 is 5.53. The lowest BCUT2D eigenvalue weighted by molar-refractivity contribution is 0.264. The number of hydrogen-bond acceptors (Lipinski definition) is 2. The zero-order valence-electron chi connectivity index (χ0n) is 13.7. The van der Waals surface area contributed by atoms with Crippen molar-refractivity contribution in [3.05, 3.63) is 65.2 Å². The SMILES string of the molecule is Cc1ccc(C)c(N2CN(CCc3ccccc3)CNC2=S)c1. The highest BCUT2D eigenvalue weighted by atomic mass is 32.1. The zero-order valence-corrected chi connectivity index (χ0v) is 14.6. The molecule has 0 radical (unpaired) electrons. The second-order valence-corrected chi connectivity index (χ2v) is 6.52. The normalized spacial score (nSPS) is 15.6. The number of benzene rings is 2. The van der Waals surface area contributed by atoms with Gasteiger partial charge in [0, 0.05) is 12.2 Å². The molecule has 3 nitrogen and oxygen atoms in total. The Kier molecular flexibility index (Phi) is 4.94. The molecule has 0 saturated carbocycles. The Morgan fingerprint density at radius 3 is 2.65 bits per heavy atom. The molecule has 0 amide bonds. The molecular formula is C19H23N3S. The van der Waals surface area contributed by atoms with Crippen LogP contribution in [-0.2, 0) is 6.42 Å². The molecule has 0 bridgehead atoms. The van der Waals surface area contributed by atoms with Crippen molar-refractivity contribution in [2.75, 3.05) is 24.8 Å². The Bertz CT molecular complexity index is 684. The number of rotatable bonds is 4. The Hall–Kier alpha value is -1.91. The predicted octanol–water partition coefficient (Wildman–Crippen LogP) is 3.46. The Morgan fingerprint density at radius 1 is 1.09 bits per heavy atom. The fourth-order valence-electron chi connectivity index (χ4n) is 2.87. The molecule has 1 aliphatic rings. The smallest absolute Gasteiger partial charge is 0.175 e. The molecule has 0 aromatic heterocycles. The van der Waals surface area contributed by atoms with E-state index in [4.69, 9.17) is 12.2 Å². The van der Waals surface area contributed by atoms with Crippen LogP contribution in [-0.4, -0.2) is 29.9 Å². The summed E-state index contributed by atoms with van der Waals surface area (Å²) < 4.78 is 0. The molecule has 120 valence electrons. The molecular weight excluding hydrogens is 302 g/mol. The summed E-state index contributed by atoms with van der Waals surface area (Å²) in [6.07, 6.45) is 1.05. The molecule has 1 aliphatic heterocycles. The third kappa shape index (κ3) is 3.89. The molecule has 23 heavy (non-hydrogen) atoms. The topological polar surface area (TPSA) is 18.5 Å². The zero-order chi connectivity index (χ0) is 16.2. The Morgan fingerprint density at radius 2 is 1.87 bits per heavy atom. The highest BCUT2D eigenvalue weighted by Gasteiger charge is 2.22. The minimum absolute atomic E-state index is 0.813. The first-order chi connectivity index (χ1) is 11.1. The van der Waals surface area contributed by atoms with E-state index in [1.807, 2.05) is 0 Å². The third-order valence-electron chi connectivity index (χ3n) is 4.26. The number of nitrogens with one attached hydrogen (secondary N) is 1. The maximum Gasteiger partial charge on any atom is 0.175 e. The predicted molar refractivity (Wildman–Crippen MR) is 101 cm³/mol. The molecule has 2 aromatic rings. The summed E-state index contributed by atoms with van der Waals surface area (Å²) in [6, 6.07) is 17.1. The maximum absolute atomic E-state index is 5.53. The first-order valence-corrected chi connectivity index (χ1v) is 8.43. The van der Waals surface area contributed by atoms with E-state index in [2.05, 4.69) is 77.5 Å². The second kappa shape index (κ2) is 7.11. The van der Waals surface area contributed by atoms with Gasteiger partial charge in [0.05, 0.1) is 13.3 Å². The van der Waals surface area contributed by atoms with Gasteiger partial charge in [-0.2, -0.15) is 0 Å². The monoisotopic (exact) mass is 325 g/mol. The van der Waals surface area contributed by atoms with Gasteiger partial charge in [0.25, 0.3) is 0 Å². The van der Waals surface area contributed by atoms with E-state index in [-0.39, 0.29) is 0 Å². The Labute approximate surface area is 143 Å². The van der Waals surface area contributed by atoms with Crippen LogP contribution >= 0.6 is 12.2 Å². The first-order valence-electron chi connectivity index (χ1n) is 8.02. The van der Waals surface area contributed by atoms with Crippen molar-refractivity contribution in [2.45, 2.75) is 20.3 Å². The van der Waals surface area contributed by atoms with Gasteiger partial charge < -0.3 is 10.2 Å². The van der Waals surface area contributed by atoms with Crippen molar-refractivity contribution in [3.63, 3.8) is 0 Å². The second-order valence-electron chi connectivity index (χ2n) is 6.13. The van der Waals surface area contributed by atoms with Gasteiger partial charge in [0.15, 0.2) is 5.11 Å². The number of aryl methyl sites for hydroxylation is 2. The first kappa shape index (κ1) is 16.0. The molecule has 1 saturated heterocycles. The van der Waals surface area contributed by atoms with E-state index < -0.39 is 0 Å². The molecule has 1 fully saturated rings. The number of thiocarbonyl (C=S) groups is 1. The van der Waals surface area contributed by atoms with Crippen LogP contribution in [0.4, 0.5) is 5.69 Å². The summed E-state index contributed by atoms with van der Waals surface area (Å²) in [7, 11) is 0. The van der Waals surface area contributed by atoms with Gasteiger partial charge in [0.2, 0.25) is 0 Å². The molecule has 1 heterocycles. The van der Waals surface area contributed by atoms with E-state index in [9.17, 15) is 0 Å². The third-order valence-corrected chi connectivity index (χ3v) is 4.62. The highest BCUT2D eigenvalue weighted by molar-refractivity contribution is 7.80. The van der Waals surface area contributed by atoms with Crippen LogP contribution < -0.4 is 10.2 Å². The minimum Gasteiger partial charge on any atom is -0.349 e. The number of nitrogens with zero attached hydrogens (tertiary/aromatic N) is 2. The van der Waals surface area contributed by atoms with Crippen LogP contribution in [0.5, 0.6) is 0 Å². The van der Waals surface area contributed by atoms with Gasteiger partial charge in [-0.25, -0.2) is 0 Å². The van der Waals surface area contributed by atoms with Crippen LogP contribution in [0.15, 0.2) is 48.5 Å². The van der Waals surface area contributed by atoms with Gasteiger partial charge in [0.1, 0.15) is 0 Å². The van der Waals surface area contributed by atoms with Crippen molar-refractivity contribution in [3.8, 4) is 0 Å². The van der Waals surface area contributed by atoms with Gasteiger partial charge in [-0.3, -0.25) is 4.90 Å². The summed E-state index contributed by atoms with van der Waals surface area (Å²) in [6.45, 7) is 6.92. The van der Waals surface area contributed by atoms with E-state index >= 15 is 0 Å². The highest BCUT2D eigenvalue weighted by Crippen LogP contribution is 2.23. The quantitative estimate of drug-likeness (QED) is 0.868. The van der Waals surface area contributed by atoms with Crippen LogP contribution in [0.1, 0.15) is 16.7 Å². The van der Waals surface area contributed by atoms with Gasteiger partial charge in [-0.05, 0) is 55.2 Å². The summed E-state index contributed by atoms with van der Waals surface area (Å²) in [4.78, 5) is 4.59. The number of anilines is 1. The molecule has 0 atom stereocenters. The van der Waals surface area contributed by atoms with Gasteiger partial charge >= 0.3 is 0 Å². The van der Waals surface area contributed by atoms with E-state index in [0.29, 0.717) is 0 Å². The Balaban J connectivity index is 1.69. The minimum atomic E-state index is 0.813. The maximum atomic E-state index is 5.53. The standard InChI is InChI=1S/C19H23N3S/c1-15-8-9-16(2)18(12-15)22-14-21(13-20-19(22)23)11-10-17-6-4-3-5-7-17/h3-9,12H,10-11,13-14H2,1-2H3,(H,20,23). The van der Waals surface area contributed by atoms with E-state index in [1.54, 1.807) is 0 Å². The summed E-state index contributed by atoms with van der Waals surface area (Å²) in [5, 5.41) is 4.16. The molecule has 0 aliphatic carbocycles. The fraction of sp³-hybridized carbons (Fsp3) is 0.316. The average Bonchev–Trinajstić information content (AvgIpc) is 2.57. The summed E-state index contributed by atoms with van der Waals surface area (Å²) in [5.74, 6) is 0. The van der Waals surface area contributed by atoms with Crippen molar-refractivity contribution in [1.82, 2.24) is 10.2 Å². The summed E-state index contributed by atoms with van der Waals surface area (Å²) in [5.41, 5.74) is 5.09. The molecule has 0 unspecified atom stereocenters. The van der Waals surface area contributed by atoms with Crippen molar-refractivity contribution < 1.29 is 0 Å². The lowest BCUT2D eigenvalue weighted by Crippen LogP contribution is -2.56. The molecule has 4 heteroatoms. The van der Waals surface area contributed by atoms with E-state index in [1.165, 1.54) is 22.4 Å². The van der Waals surface area contributed by atoms with Gasteiger partial charge in [-0.15, -0.1) is 0 Å². The molecule has 0 spiro atoms. The lowest BCUT2D eigenvalue weighted by atomic mass is 10.1. The molecule has 3 rings (SSSR count). The van der Waals surface area contributed by atoms with Crippen LogP contribution in [0.3, 0.4) is 0 Å². The van der Waals surface area contributed by atoms with Crippen LogP contribution in [0.2, 0.25) is 0 Å². The average molecular weight is 325 g/mol. The molecule has 1 N–H and O–H groups in total. The van der Waals surface area contributed by atoms with Crippen molar-refractivity contribution >= 4 is 23.0 Å². The van der Waals surface area contributed by atoms with Crippen molar-refractivity contribution in [2.24, 2.45) is 0 Å². The van der Waals surface area contributed by atoms with Crippen LogP contribution in [0, 0.1) is 13.8 Å². The van der Waals surface area contributed by atoms with E-state index in [0.717, 1.165) is 31.4 Å². The molecule has 2 aromatic carbocycles. The fourth-order valence-corrected chi connectivity index (χ4v) is 3.09. The lowest BCUT2D eigenvalue weighted by Gasteiger charge is -2.38. The van der Waals surface area contributed by atoms with Crippen molar-refractivity contribution in [1.29, 1.82) is 0 Å². The van der Waals surface area contributed by atoms with Gasteiger partial charge in [-0.1, -0.05) is 42.5 Å². The number of hydrogen-bond donors (Lipinski definition) is 1. The largest absolute Gasteiger partial charge is 0.349 e.